The predicted molar refractivity (Wildman–Crippen MR) is 97.0 cm³/mol. The molecular weight excluding hydrogens is 339 g/mol. The summed E-state index contributed by atoms with van der Waals surface area (Å²) in [7, 11) is 0. The summed E-state index contributed by atoms with van der Waals surface area (Å²) in [4.78, 5) is 25.9. The van der Waals surface area contributed by atoms with Crippen molar-refractivity contribution in [1.29, 1.82) is 0 Å². The minimum atomic E-state index is -0.598. The lowest BCUT2D eigenvalue weighted by Gasteiger charge is -2.27. The highest BCUT2D eigenvalue weighted by molar-refractivity contribution is 7.10. The van der Waals surface area contributed by atoms with Crippen LogP contribution in [0.3, 0.4) is 0 Å². The van der Waals surface area contributed by atoms with Crippen molar-refractivity contribution in [1.82, 2.24) is 5.32 Å². The maximum absolute atomic E-state index is 13.4. The Bertz CT molecular complexity index is 774. The van der Waals surface area contributed by atoms with Crippen molar-refractivity contribution in [2.75, 3.05) is 5.32 Å². The Kier molecular flexibility index (Phi) is 5.18. The van der Waals surface area contributed by atoms with Gasteiger partial charge in [0.25, 0.3) is 0 Å². The first-order chi connectivity index (χ1) is 11.9. The van der Waals surface area contributed by atoms with E-state index in [2.05, 4.69) is 24.5 Å². The summed E-state index contributed by atoms with van der Waals surface area (Å²) in [5.74, 6) is -1.07. The van der Waals surface area contributed by atoms with Crippen LogP contribution in [0.1, 0.15) is 49.1 Å². The summed E-state index contributed by atoms with van der Waals surface area (Å²) in [6.45, 7) is 4.22. The molecule has 0 fully saturated rings. The summed E-state index contributed by atoms with van der Waals surface area (Å²) >= 11 is 1.61. The first-order valence-electron chi connectivity index (χ1n) is 8.37. The van der Waals surface area contributed by atoms with E-state index < -0.39 is 11.7 Å². The lowest BCUT2D eigenvalue weighted by molar-refractivity contribution is -0.127. The Hall–Kier alpha value is -2.21. The minimum Gasteiger partial charge on any atom is -0.348 e. The van der Waals surface area contributed by atoms with Crippen LogP contribution in [-0.4, -0.2) is 11.8 Å². The Balaban J connectivity index is 1.84. The van der Waals surface area contributed by atoms with Crippen LogP contribution in [-0.2, 0) is 9.59 Å². The lowest BCUT2D eigenvalue weighted by atomic mass is 9.89. The van der Waals surface area contributed by atoms with Gasteiger partial charge < -0.3 is 10.6 Å². The molecule has 2 unspecified atom stereocenters. The van der Waals surface area contributed by atoms with E-state index in [0.717, 1.165) is 11.3 Å². The van der Waals surface area contributed by atoms with Gasteiger partial charge in [-0.15, -0.1) is 11.3 Å². The van der Waals surface area contributed by atoms with Crippen molar-refractivity contribution in [3.05, 3.63) is 52.0 Å². The average molecular weight is 360 g/mol. The van der Waals surface area contributed by atoms with E-state index >= 15 is 0 Å². The van der Waals surface area contributed by atoms with Crippen molar-refractivity contribution >= 4 is 28.8 Å². The van der Waals surface area contributed by atoms with E-state index in [4.69, 9.17) is 0 Å². The summed E-state index contributed by atoms with van der Waals surface area (Å²) < 4.78 is 13.4. The molecule has 1 aromatic heterocycles. The number of hydrogen-bond acceptors (Lipinski definition) is 3. The zero-order valence-electron chi connectivity index (χ0n) is 14.2. The summed E-state index contributed by atoms with van der Waals surface area (Å²) in [6.07, 6.45) is 0.894. The third-order valence-electron chi connectivity index (χ3n) is 4.28. The number of hydrogen-bond donors (Lipinski definition) is 2. The average Bonchev–Trinajstić information content (AvgIpc) is 3.06. The highest BCUT2D eigenvalue weighted by Gasteiger charge is 2.32. The number of rotatable bonds is 5. The molecule has 1 aliphatic heterocycles. The second kappa shape index (κ2) is 7.35. The maximum Gasteiger partial charge on any atom is 0.228 e. The first-order valence-corrected chi connectivity index (χ1v) is 9.25. The second-order valence-electron chi connectivity index (χ2n) is 6.74. The smallest absolute Gasteiger partial charge is 0.228 e. The lowest BCUT2D eigenvalue weighted by Crippen LogP contribution is -2.37. The van der Waals surface area contributed by atoms with E-state index in [1.165, 1.54) is 12.1 Å². The molecule has 0 saturated heterocycles. The second-order valence-corrected chi connectivity index (χ2v) is 7.72. The molecule has 0 spiro atoms. The van der Waals surface area contributed by atoms with Crippen molar-refractivity contribution in [3.63, 3.8) is 0 Å². The number of halogens is 1. The standard InChI is InChI=1S/C19H21FN2O2S/c1-11(2)8-16(17-4-3-7-25-17)22-19(24)14-10-18(23)21-15-9-12(20)5-6-13(14)15/h3-7,9,11,14,16H,8,10H2,1-2H3,(H,21,23)(H,22,24). The van der Waals surface area contributed by atoms with Crippen LogP contribution in [0.5, 0.6) is 0 Å². The fourth-order valence-electron chi connectivity index (χ4n) is 3.15. The minimum absolute atomic E-state index is 0.0727. The molecule has 0 radical (unpaired) electrons. The zero-order chi connectivity index (χ0) is 18.0. The van der Waals surface area contributed by atoms with Crippen molar-refractivity contribution in [2.24, 2.45) is 5.92 Å². The largest absolute Gasteiger partial charge is 0.348 e. The normalized spacial score (nSPS) is 17.8. The molecule has 2 atom stereocenters. The molecule has 2 N–H and O–H groups in total. The molecule has 1 aromatic carbocycles. The maximum atomic E-state index is 13.4. The van der Waals surface area contributed by atoms with Gasteiger partial charge >= 0.3 is 0 Å². The van der Waals surface area contributed by atoms with Crippen molar-refractivity contribution < 1.29 is 14.0 Å². The van der Waals surface area contributed by atoms with Crippen LogP contribution < -0.4 is 10.6 Å². The number of nitrogens with one attached hydrogen (secondary N) is 2. The fourth-order valence-corrected chi connectivity index (χ4v) is 3.94. The zero-order valence-corrected chi connectivity index (χ0v) is 15.0. The van der Waals surface area contributed by atoms with Crippen LogP contribution in [0, 0.1) is 11.7 Å². The first kappa shape index (κ1) is 17.6. The molecule has 25 heavy (non-hydrogen) atoms. The van der Waals surface area contributed by atoms with Gasteiger partial charge in [-0.05, 0) is 41.5 Å². The molecule has 0 aliphatic carbocycles. The molecule has 0 bridgehead atoms. The van der Waals surface area contributed by atoms with Gasteiger partial charge in [-0.1, -0.05) is 26.0 Å². The molecule has 4 nitrogen and oxygen atoms in total. The number of carbonyl (C=O) groups excluding carboxylic acids is 2. The van der Waals surface area contributed by atoms with Crippen molar-refractivity contribution in [3.8, 4) is 0 Å². The molecule has 1 aliphatic rings. The van der Waals surface area contributed by atoms with Crippen LogP contribution in [0.2, 0.25) is 0 Å². The topological polar surface area (TPSA) is 58.2 Å². The van der Waals surface area contributed by atoms with E-state index in [1.807, 2.05) is 17.5 Å². The van der Waals surface area contributed by atoms with Crippen molar-refractivity contribution in [2.45, 2.75) is 38.6 Å². The molecular formula is C19H21FN2O2S. The van der Waals surface area contributed by atoms with Crippen LogP contribution >= 0.6 is 11.3 Å². The SMILES string of the molecule is CC(C)CC(NC(=O)C1CC(=O)Nc2cc(F)ccc21)c1cccs1. The van der Waals surface area contributed by atoms with Crippen LogP contribution in [0.25, 0.3) is 0 Å². The summed E-state index contributed by atoms with van der Waals surface area (Å²) in [5.41, 5.74) is 1.04. The molecule has 2 aromatic rings. The number of amides is 2. The third kappa shape index (κ3) is 4.07. The summed E-state index contributed by atoms with van der Waals surface area (Å²) in [6, 6.07) is 8.05. The Morgan fingerprint density at radius 1 is 1.40 bits per heavy atom. The van der Waals surface area contributed by atoms with Gasteiger partial charge in [0.1, 0.15) is 5.82 Å². The quantitative estimate of drug-likeness (QED) is 0.839. The van der Waals surface area contributed by atoms with Crippen LogP contribution in [0.4, 0.5) is 10.1 Å². The molecule has 2 amide bonds. The van der Waals surface area contributed by atoms with Gasteiger partial charge in [0.15, 0.2) is 0 Å². The molecule has 132 valence electrons. The number of carbonyl (C=O) groups is 2. The van der Waals surface area contributed by atoms with Gasteiger partial charge in [0.2, 0.25) is 11.8 Å². The van der Waals surface area contributed by atoms with E-state index in [1.54, 1.807) is 17.4 Å². The summed E-state index contributed by atoms with van der Waals surface area (Å²) in [5, 5.41) is 7.72. The molecule has 2 heterocycles. The predicted octanol–water partition coefficient (Wildman–Crippen LogP) is 4.22. The highest BCUT2D eigenvalue weighted by atomic mass is 32.1. The van der Waals surface area contributed by atoms with E-state index in [9.17, 15) is 14.0 Å². The van der Waals surface area contributed by atoms with E-state index in [-0.39, 0.29) is 24.3 Å². The molecule has 0 saturated carbocycles. The number of benzene rings is 1. The van der Waals surface area contributed by atoms with E-state index in [0.29, 0.717) is 17.2 Å². The Morgan fingerprint density at radius 2 is 2.20 bits per heavy atom. The molecule has 3 rings (SSSR count). The number of fused-ring (bicyclic) bond motifs is 1. The van der Waals surface area contributed by atoms with Gasteiger partial charge in [0.05, 0.1) is 12.0 Å². The van der Waals surface area contributed by atoms with Gasteiger partial charge in [-0.25, -0.2) is 4.39 Å². The number of thiophene rings is 1. The Morgan fingerprint density at radius 3 is 2.88 bits per heavy atom. The van der Waals surface area contributed by atoms with Gasteiger partial charge in [0, 0.05) is 17.0 Å². The molecule has 6 heteroatoms. The number of anilines is 1. The van der Waals surface area contributed by atoms with Gasteiger partial charge in [-0.3, -0.25) is 9.59 Å². The third-order valence-corrected chi connectivity index (χ3v) is 5.27. The monoisotopic (exact) mass is 360 g/mol. The highest BCUT2D eigenvalue weighted by Crippen LogP contribution is 2.34. The Labute approximate surface area is 150 Å². The fraction of sp³-hybridized carbons (Fsp3) is 0.368. The van der Waals surface area contributed by atoms with Gasteiger partial charge in [-0.2, -0.15) is 0 Å². The van der Waals surface area contributed by atoms with Crippen LogP contribution in [0.15, 0.2) is 35.7 Å².